The number of rotatable bonds is 23. The van der Waals surface area contributed by atoms with Gasteiger partial charge in [-0.1, -0.05) is 61.3 Å². The highest BCUT2D eigenvalue weighted by Gasteiger charge is 2.31. The minimum Gasteiger partial charge on any atom is -0.486 e. The zero-order valence-electron chi connectivity index (χ0n) is 23.5. The summed E-state index contributed by atoms with van der Waals surface area (Å²) in [5.41, 5.74) is 0.00551. The Morgan fingerprint density at radius 3 is 1.49 bits per heavy atom. The molecule has 1 heterocycles. The zero-order chi connectivity index (χ0) is 25.9. The number of unbranched alkanes of at least 4 members (excludes halogenated alkanes) is 2. The molecule has 0 spiro atoms. The van der Waals surface area contributed by atoms with Crippen LogP contribution in [0.3, 0.4) is 0 Å². The van der Waals surface area contributed by atoms with E-state index < -0.39 is 0 Å². The van der Waals surface area contributed by atoms with E-state index in [9.17, 15) is 0 Å². The molecule has 7 heteroatoms. The van der Waals surface area contributed by atoms with Crippen LogP contribution in [0.2, 0.25) is 0 Å². The standard InChI is InChI=1S/C28H52O6S/c1-8-11-13-29-15-17-31-19-21-33-24-25(34-22-20-32-18-16-30-14-12-9-2)27(28(6,7)10-3)35-26(24)23(4)5/h23H,8-22H2,1-7H3. The van der Waals surface area contributed by atoms with Gasteiger partial charge in [-0.05, 0) is 25.2 Å². The number of thiophene rings is 1. The molecular weight excluding hydrogens is 464 g/mol. The van der Waals surface area contributed by atoms with Crippen molar-refractivity contribution in [2.75, 3.05) is 66.1 Å². The Hall–Kier alpha value is -0.860. The first-order valence-corrected chi connectivity index (χ1v) is 14.4. The largest absolute Gasteiger partial charge is 0.486 e. The Morgan fingerprint density at radius 1 is 0.629 bits per heavy atom. The van der Waals surface area contributed by atoms with Crippen LogP contribution in [0.4, 0.5) is 0 Å². The molecule has 1 aromatic heterocycles. The third-order valence-corrected chi connectivity index (χ3v) is 7.67. The van der Waals surface area contributed by atoms with Gasteiger partial charge in [-0.3, -0.25) is 0 Å². The lowest BCUT2D eigenvalue weighted by atomic mass is 9.88. The molecule has 0 N–H and O–H groups in total. The molecule has 0 aromatic carbocycles. The third-order valence-electron chi connectivity index (χ3n) is 5.85. The summed E-state index contributed by atoms with van der Waals surface area (Å²) >= 11 is 1.81. The second-order valence-corrected chi connectivity index (χ2v) is 10.8. The van der Waals surface area contributed by atoms with Crippen molar-refractivity contribution in [3.05, 3.63) is 9.75 Å². The molecule has 0 saturated heterocycles. The van der Waals surface area contributed by atoms with Gasteiger partial charge in [0.15, 0.2) is 11.5 Å². The fraction of sp³-hybridized carbons (Fsp3) is 0.857. The van der Waals surface area contributed by atoms with Crippen molar-refractivity contribution in [2.24, 2.45) is 0 Å². The fourth-order valence-corrected chi connectivity index (χ4v) is 4.58. The highest BCUT2D eigenvalue weighted by molar-refractivity contribution is 7.13. The first-order chi connectivity index (χ1) is 16.9. The van der Waals surface area contributed by atoms with Gasteiger partial charge in [0.25, 0.3) is 0 Å². The summed E-state index contributed by atoms with van der Waals surface area (Å²) in [6.07, 6.45) is 5.50. The summed E-state index contributed by atoms with van der Waals surface area (Å²) in [6.45, 7) is 21.5. The van der Waals surface area contributed by atoms with Crippen LogP contribution in [-0.4, -0.2) is 66.1 Å². The van der Waals surface area contributed by atoms with Crippen LogP contribution in [-0.2, 0) is 24.4 Å². The van der Waals surface area contributed by atoms with E-state index in [0.717, 1.165) is 56.8 Å². The van der Waals surface area contributed by atoms with Crippen LogP contribution in [0.1, 0.15) is 96.2 Å². The molecule has 0 atom stereocenters. The topological polar surface area (TPSA) is 55.4 Å². The van der Waals surface area contributed by atoms with Crippen molar-refractivity contribution in [1.82, 2.24) is 0 Å². The fourth-order valence-electron chi connectivity index (χ4n) is 3.21. The molecule has 0 saturated carbocycles. The van der Waals surface area contributed by atoms with Crippen LogP contribution in [0.15, 0.2) is 0 Å². The second-order valence-electron chi connectivity index (χ2n) is 9.70. The molecule has 35 heavy (non-hydrogen) atoms. The normalized spacial score (nSPS) is 12.0. The van der Waals surface area contributed by atoms with Crippen LogP contribution in [0.5, 0.6) is 11.5 Å². The van der Waals surface area contributed by atoms with Gasteiger partial charge in [-0.25, -0.2) is 0 Å². The van der Waals surface area contributed by atoms with Gasteiger partial charge < -0.3 is 28.4 Å². The van der Waals surface area contributed by atoms with Crippen LogP contribution in [0.25, 0.3) is 0 Å². The van der Waals surface area contributed by atoms with Crippen molar-refractivity contribution in [3.8, 4) is 11.5 Å². The Bertz CT molecular complexity index is 644. The molecule has 1 rings (SSSR count). The molecule has 0 bridgehead atoms. The molecule has 0 radical (unpaired) electrons. The summed E-state index contributed by atoms with van der Waals surface area (Å²) in [4.78, 5) is 2.47. The van der Waals surface area contributed by atoms with E-state index in [1.165, 1.54) is 9.75 Å². The smallest absolute Gasteiger partial charge is 0.176 e. The number of ether oxygens (including phenoxy) is 6. The van der Waals surface area contributed by atoms with E-state index in [-0.39, 0.29) is 5.41 Å². The molecule has 0 aliphatic rings. The van der Waals surface area contributed by atoms with Gasteiger partial charge in [0.1, 0.15) is 13.2 Å². The monoisotopic (exact) mass is 516 g/mol. The maximum absolute atomic E-state index is 6.32. The molecule has 0 unspecified atom stereocenters. The van der Waals surface area contributed by atoms with Gasteiger partial charge in [0, 0.05) is 18.6 Å². The van der Waals surface area contributed by atoms with Crippen molar-refractivity contribution in [1.29, 1.82) is 0 Å². The Balaban J connectivity index is 2.67. The highest BCUT2D eigenvalue weighted by atomic mass is 32.1. The van der Waals surface area contributed by atoms with Crippen molar-refractivity contribution in [2.45, 2.75) is 91.9 Å². The average molecular weight is 517 g/mol. The Kier molecular flexibility index (Phi) is 17.7. The van der Waals surface area contributed by atoms with E-state index in [4.69, 9.17) is 28.4 Å². The highest BCUT2D eigenvalue weighted by Crippen LogP contribution is 2.51. The summed E-state index contributed by atoms with van der Waals surface area (Å²) in [6, 6.07) is 0. The predicted octanol–water partition coefficient (Wildman–Crippen LogP) is 6.98. The van der Waals surface area contributed by atoms with E-state index >= 15 is 0 Å². The van der Waals surface area contributed by atoms with E-state index in [1.807, 2.05) is 11.3 Å². The zero-order valence-corrected chi connectivity index (χ0v) is 24.4. The van der Waals surface area contributed by atoms with Crippen LogP contribution < -0.4 is 9.47 Å². The first kappa shape index (κ1) is 32.2. The lowest BCUT2D eigenvalue weighted by Crippen LogP contribution is -2.17. The molecule has 0 aliphatic heterocycles. The Morgan fingerprint density at radius 2 is 1.06 bits per heavy atom. The van der Waals surface area contributed by atoms with Gasteiger partial charge in [-0.15, -0.1) is 11.3 Å². The molecular formula is C28H52O6S. The number of hydrogen-bond donors (Lipinski definition) is 0. The van der Waals surface area contributed by atoms with Gasteiger partial charge in [-0.2, -0.15) is 0 Å². The molecule has 6 nitrogen and oxygen atoms in total. The predicted molar refractivity (Wildman–Crippen MR) is 146 cm³/mol. The van der Waals surface area contributed by atoms with Gasteiger partial charge in [0.2, 0.25) is 0 Å². The van der Waals surface area contributed by atoms with E-state index in [0.29, 0.717) is 58.8 Å². The minimum absolute atomic E-state index is 0.00551. The molecule has 0 aliphatic carbocycles. The average Bonchev–Trinajstić information content (AvgIpc) is 3.21. The van der Waals surface area contributed by atoms with Crippen molar-refractivity contribution < 1.29 is 28.4 Å². The molecule has 206 valence electrons. The SMILES string of the molecule is CCCCOCCOCCOc1c(C(C)C)sc(C(C)(C)CC)c1OCCOCCOCCCC. The molecule has 0 fully saturated rings. The van der Waals surface area contributed by atoms with Gasteiger partial charge >= 0.3 is 0 Å². The van der Waals surface area contributed by atoms with Crippen LogP contribution in [0, 0.1) is 0 Å². The summed E-state index contributed by atoms with van der Waals surface area (Å²) in [7, 11) is 0. The number of hydrogen-bond acceptors (Lipinski definition) is 7. The Labute approximate surface area is 219 Å². The lowest BCUT2D eigenvalue weighted by molar-refractivity contribution is 0.0322. The maximum Gasteiger partial charge on any atom is 0.176 e. The van der Waals surface area contributed by atoms with E-state index in [2.05, 4.69) is 48.5 Å². The summed E-state index contributed by atoms with van der Waals surface area (Å²) < 4.78 is 35.2. The van der Waals surface area contributed by atoms with Crippen LogP contribution >= 0.6 is 11.3 Å². The van der Waals surface area contributed by atoms with Crippen molar-refractivity contribution in [3.63, 3.8) is 0 Å². The minimum atomic E-state index is 0.00551. The maximum atomic E-state index is 6.32. The second kappa shape index (κ2) is 19.3. The molecule has 0 amide bonds. The molecule has 1 aromatic rings. The van der Waals surface area contributed by atoms with Crippen molar-refractivity contribution >= 4 is 11.3 Å². The van der Waals surface area contributed by atoms with E-state index in [1.54, 1.807) is 0 Å². The quantitative estimate of drug-likeness (QED) is 0.146. The summed E-state index contributed by atoms with van der Waals surface area (Å²) in [5.74, 6) is 2.09. The van der Waals surface area contributed by atoms with Gasteiger partial charge in [0.05, 0.1) is 49.4 Å². The first-order valence-electron chi connectivity index (χ1n) is 13.6. The summed E-state index contributed by atoms with van der Waals surface area (Å²) in [5, 5.41) is 0. The lowest BCUT2D eigenvalue weighted by Gasteiger charge is -2.23. The third kappa shape index (κ3) is 12.8.